The molecule has 0 saturated heterocycles. The van der Waals surface area contributed by atoms with Crippen LogP contribution in [0.1, 0.15) is 6.92 Å². The van der Waals surface area contributed by atoms with Crippen LogP contribution in [0.2, 0.25) is 0 Å². The fourth-order valence-electron chi connectivity index (χ4n) is 2.67. The van der Waals surface area contributed by atoms with Crippen molar-refractivity contribution in [1.29, 1.82) is 0 Å². The van der Waals surface area contributed by atoms with E-state index in [1.54, 1.807) is 24.3 Å². The van der Waals surface area contributed by atoms with Crippen molar-refractivity contribution in [2.24, 2.45) is 0 Å². The van der Waals surface area contributed by atoms with Gasteiger partial charge in [-0.05, 0) is 67.6 Å². The predicted molar refractivity (Wildman–Crippen MR) is 105 cm³/mol. The Bertz CT molecular complexity index is 794. The molecule has 4 nitrogen and oxygen atoms in total. The molecule has 0 unspecified atom stereocenters. The van der Waals surface area contributed by atoms with Gasteiger partial charge in [0.1, 0.15) is 34.7 Å². The Morgan fingerprint density at radius 3 is 1.38 bits per heavy atom. The number of aromatic hydroxyl groups is 2. The van der Waals surface area contributed by atoms with Crippen LogP contribution in [0.4, 0.5) is 0 Å². The van der Waals surface area contributed by atoms with Crippen molar-refractivity contribution in [1.82, 2.24) is 0 Å². The smallest absolute Gasteiger partial charge is 0.115 e. The van der Waals surface area contributed by atoms with Crippen LogP contribution < -0.4 is 21.0 Å². The predicted octanol–water partition coefficient (Wildman–Crippen LogP) is 1.78. The molecule has 3 aromatic carbocycles. The number of carbonyl (C=O) groups is 1. The highest BCUT2D eigenvalue weighted by molar-refractivity contribution is 7.95. The summed E-state index contributed by atoms with van der Waals surface area (Å²) in [6, 6.07) is 25.3. The van der Waals surface area contributed by atoms with Gasteiger partial charge in [-0.1, -0.05) is 18.2 Å². The molecule has 0 aliphatic heterocycles. The quantitative estimate of drug-likeness (QED) is 0.691. The Morgan fingerprint density at radius 2 is 1.04 bits per heavy atom. The maximum Gasteiger partial charge on any atom is 0.115 e. The SMILES string of the molecule is CC(=O)[O-].C[P+](c1ccccc1)(c1ccc(O)cc1)c1ccc(O)cc1. The van der Waals surface area contributed by atoms with Gasteiger partial charge in [0.05, 0.1) is 6.66 Å². The molecule has 3 aromatic rings. The second-order valence-electron chi connectivity index (χ2n) is 5.87. The van der Waals surface area contributed by atoms with Crippen molar-refractivity contribution < 1.29 is 20.1 Å². The third-order valence-electron chi connectivity index (χ3n) is 4.00. The molecule has 0 bridgehead atoms. The zero-order valence-corrected chi connectivity index (χ0v) is 15.6. The van der Waals surface area contributed by atoms with Crippen molar-refractivity contribution in [3.63, 3.8) is 0 Å². The summed E-state index contributed by atoms with van der Waals surface area (Å²) in [7, 11) is -1.79. The minimum Gasteiger partial charge on any atom is -0.550 e. The summed E-state index contributed by atoms with van der Waals surface area (Å²) < 4.78 is 0. The molecule has 0 fully saturated rings. The summed E-state index contributed by atoms with van der Waals surface area (Å²) in [5.74, 6) is -0.539. The Morgan fingerprint density at radius 1 is 0.731 bits per heavy atom. The van der Waals surface area contributed by atoms with E-state index in [9.17, 15) is 10.2 Å². The van der Waals surface area contributed by atoms with Crippen molar-refractivity contribution >= 4 is 29.1 Å². The van der Waals surface area contributed by atoms with Gasteiger partial charge in [0.2, 0.25) is 0 Å². The first-order valence-corrected chi connectivity index (χ1v) is 10.3. The van der Waals surface area contributed by atoms with Crippen LogP contribution in [-0.2, 0) is 4.79 Å². The van der Waals surface area contributed by atoms with Gasteiger partial charge in [-0.25, -0.2) is 0 Å². The van der Waals surface area contributed by atoms with Gasteiger partial charge in [-0.3, -0.25) is 0 Å². The molecular formula is C21H21O4P. The van der Waals surface area contributed by atoms with Crippen LogP contribution in [0.5, 0.6) is 11.5 Å². The molecule has 0 radical (unpaired) electrons. The molecule has 3 rings (SSSR count). The average Bonchev–Trinajstić information content (AvgIpc) is 2.62. The van der Waals surface area contributed by atoms with Crippen LogP contribution in [0, 0.1) is 0 Å². The molecule has 0 aromatic heterocycles. The highest BCUT2D eigenvalue weighted by Gasteiger charge is 2.40. The zero-order valence-electron chi connectivity index (χ0n) is 14.7. The summed E-state index contributed by atoms with van der Waals surface area (Å²) >= 11 is 0. The third-order valence-corrected chi connectivity index (χ3v) is 8.00. The van der Waals surface area contributed by atoms with Gasteiger partial charge in [0.15, 0.2) is 0 Å². The van der Waals surface area contributed by atoms with Crippen molar-refractivity contribution in [3.05, 3.63) is 78.9 Å². The first kappa shape index (κ1) is 19.5. The largest absolute Gasteiger partial charge is 0.550 e. The minimum absolute atomic E-state index is 0.272. The molecule has 0 amide bonds. The average molecular weight is 368 g/mol. The number of aliphatic carboxylic acids is 1. The van der Waals surface area contributed by atoms with Gasteiger partial charge >= 0.3 is 0 Å². The van der Waals surface area contributed by atoms with E-state index in [4.69, 9.17) is 9.90 Å². The number of rotatable bonds is 3. The van der Waals surface area contributed by atoms with E-state index in [1.165, 1.54) is 15.9 Å². The first-order chi connectivity index (χ1) is 12.3. The first-order valence-electron chi connectivity index (χ1n) is 8.03. The zero-order chi connectivity index (χ0) is 19.2. The molecule has 0 aliphatic rings. The number of benzene rings is 3. The molecule has 0 atom stereocenters. The second-order valence-corrected chi connectivity index (χ2v) is 9.43. The Labute approximate surface area is 153 Å². The lowest BCUT2D eigenvalue weighted by atomic mass is 10.3. The number of carboxylic acids is 1. The molecule has 26 heavy (non-hydrogen) atoms. The molecule has 0 saturated carbocycles. The number of phenols is 2. The lowest BCUT2D eigenvalue weighted by molar-refractivity contribution is -0.302. The number of hydrogen-bond donors (Lipinski definition) is 2. The number of carbonyl (C=O) groups excluding carboxylic acids is 1. The number of carboxylic acid groups (broad SMARTS) is 1. The molecule has 0 spiro atoms. The second kappa shape index (κ2) is 8.50. The summed E-state index contributed by atoms with van der Waals surface area (Å²) in [4.78, 5) is 8.89. The van der Waals surface area contributed by atoms with Crippen molar-refractivity contribution in [3.8, 4) is 11.5 Å². The lowest BCUT2D eigenvalue weighted by Crippen LogP contribution is -2.30. The molecule has 2 N–H and O–H groups in total. The van der Waals surface area contributed by atoms with Gasteiger partial charge in [0, 0.05) is 5.97 Å². The van der Waals surface area contributed by atoms with Crippen LogP contribution in [0.15, 0.2) is 78.9 Å². The normalized spacial score (nSPS) is 10.5. The summed E-state index contributed by atoms with van der Waals surface area (Å²) in [6.45, 7) is 3.24. The molecular weight excluding hydrogens is 347 g/mol. The van der Waals surface area contributed by atoms with E-state index in [-0.39, 0.29) is 11.5 Å². The van der Waals surface area contributed by atoms with Gasteiger partial charge < -0.3 is 20.1 Å². The maximum atomic E-state index is 9.58. The maximum absolute atomic E-state index is 9.58. The fraction of sp³-hybridized carbons (Fsp3) is 0.0952. The van der Waals surface area contributed by atoms with Crippen molar-refractivity contribution in [2.45, 2.75) is 6.92 Å². The summed E-state index contributed by atoms with van der Waals surface area (Å²) in [5.41, 5.74) is 0. The summed E-state index contributed by atoms with van der Waals surface area (Å²) in [5, 5.41) is 31.7. The monoisotopic (exact) mass is 368 g/mol. The third kappa shape index (κ3) is 4.62. The summed E-state index contributed by atoms with van der Waals surface area (Å²) in [6.07, 6.45) is 0. The highest BCUT2D eigenvalue weighted by atomic mass is 31.2. The van der Waals surface area contributed by atoms with Gasteiger partial charge in [-0.2, -0.15) is 0 Å². The highest BCUT2D eigenvalue weighted by Crippen LogP contribution is 2.51. The van der Waals surface area contributed by atoms with Crippen LogP contribution in [-0.4, -0.2) is 22.8 Å². The molecule has 134 valence electrons. The standard InChI is InChI=1S/C19H17O2P.C2H4O2/c1-22(17-5-3-2-4-6-17,18-11-7-15(20)8-12-18)19-13-9-16(21)10-14-19;1-2(3)4/h2-14H,1H3,(H-,20,21);1H3,(H,3,4). The number of phenolic OH excluding ortho intramolecular Hbond substituents is 2. The van der Waals surface area contributed by atoms with Crippen molar-refractivity contribution in [2.75, 3.05) is 6.66 Å². The van der Waals surface area contributed by atoms with E-state index in [0.29, 0.717) is 0 Å². The van der Waals surface area contributed by atoms with Crippen LogP contribution >= 0.6 is 7.26 Å². The Hall–Kier alpha value is -2.84. The van der Waals surface area contributed by atoms with E-state index in [2.05, 4.69) is 30.9 Å². The lowest BCUT2D eigenvalue weighted by Gasteiger charge is -2.23. The van der Waals surface area contributed by atoms with Crippen LogP contribution in [0.25, 0.3) is 0 Å². The number of hydrogen-bond acceptors (Lipinski definition) is 4. The van der Waals surface area contributed by atoms with Gasteiger partial charge in [-0.15, -0.1) is 0 Å². The Kier molecular flexibility index (Phi) is 6.37. The Balaban J connectivity index is 0.000000552. The molecule has 0 aliphatic carbocycles. The minimum atomic E-state index is -1.79. The van der Waals surface area contributed by atoms with Gasteiger partial charge in [0.25, 0.3) is 0 Å². The fourth-order valence-corrected chi connectivity index (χ4v) is 5.83. The molecule has 5 heteroatoms. The van der Waals surface area contributed by atoms with E-state index in [1.807, 2.05) is 30.3 Å². The molecule has 0 heterocycles. The topological polar surface area (TPSA) is 80.6 Å². The van der Waals surface area contributed by atoms with E-state index in [0.717, 1.165) is 6.92 Å². The van der Waals surface area contributed by atoms with E-state index >= 15 is 0 Å². The van der Waals surface area contributed by atoms with E-state index < -0.39 is 13.2 Å². The van der Waals surface area contributed by atoms with Crippen LogP contribution in [0.3, 0.4) is 0 Å².